The van der Waals surface area contributed by atoms with E-state index in [0.717, 1.165) is 29.1 Å². The summed E-state index contributed by atoms with van der Waals surface area (Å²) in [7, 11) is -2.15. The van der Waals surface area contributed by atoms with E-state index in [2.05, 4.69) is 53.3 Å². The molecule has 0 unspecified atom stereocenters. The molecule has 1 saturated heterocycles. The predicted octanol–water partition coefficient (Wildman–Crippen LogP) is 4.83. The number of oxazole rings is 1. The maximum absolute atomic E-state index is 10.4. The van der Waals surface area contributed by atoms with Crippen LogP contribution in [-0.4, -0.2) is 37.2 Å². The summed E-state index contributed by atoms with van der Waals surface area (Å²) < 4.78 is 37.0. The lowest BCUT2D eigenvalue weighted by atomic mass is 10.1. The van der Waals surface area contributed by atoms with Crippen molar-refractivity contribution in [2.45, 2.75) is 11.8 Å². The van der Waals surface area contributed by atoms with Crippen LogP contribution in [0.5, 0.6) is 0 Å². The fourth-order valence-electron chi connectivity index (χ4n) is 3.41. The molecule has 2 heterocycles. The quantitative estimate of drug-likeness (QED) is 0.390. The van der Waals surface area contributed by atoms with Crippen molar-refractivity contribution in [3.8, 4) is 0 Å². The number of nitrogens with one attached hydrogen (secondary N) is 1. The Bertz CT molecular complexity index is 1440. The Morgan fingerprint density at radius 3 is 2.55 bits per heavy atom. The topological polar surface area (TPSA) is 87.7 Å². The summed E-state index contributed by atoms with van der Waals surface area (Å²) in [6.07, 6.45) is 6.16. The van der Waals surface area contributed by atoms with E-state index in [1.807, 2.05) is 36.9 Å². The van der Waals surface area contributed by atoms with E-state index in [4.69, 9.17) is 4.42 Å². The van der Waals surface area contributed by atoms with Gasteiger partial charge in [0.15, 0.2) is 0 Å². The molecule has 0 atom stereocenters. The number of aromatic amines is 1. The van der Waals surface area contributed by atoms with Crippen LogP contribution in [0.2, 0.25) is 0 Å². The summed E-state index contributed by atoms with van der Waals surface area (Å²) in [6.45, 7) is 2.94. The molecule has 33 heavy (non-hydrogen) atoms. The number of benzene rings is 3. The summed E-state index contributed by atoms with van der Waals surface area (Å²) in [5.74, 6) is 1.94. The van der Waals surface area contributed by atoms with E-state index in [1.54, 1.807) is 12.1 Å². The Balaban J connectivity index is 0.000000200. The molecule has 4 aromatic rings. The average molecular weight is 481 g/mol. The lowest BCUT2D eigenvalue weighted by molar-refractivity contribution is -0.356. The smallest absolute Gasteiger partial charge is 0.372 e. The molecule has 0 spiro atoms. The van der Waals surface area contributed by atoms with Crippen molar-refractivity contribution in [2.24, 2.45) is 0 Å². The average Bonchev–Trinajstić information content (AvgIpc) is 3.40. The highest BCUT2D eigenvalue weighted by Crippen LogP contribution is 2.26. The maximum Gasteiger partial charge on any atom is 0.372 e. The first-order chi connectivity index (χ1) is 15.8. The fourth-order valence-corrected chi connectivity index (χ4v) is 4.94. The third-order valence-corrected chi connectivity index (χ3v) is 7.19. The van der Waals surface area contributed by atoms with E-state index in [1.165, 1.54) is 33.7 Å². The minimum Gasteiger partial charge on any atom is -0.744 e. The second-order valence-electron chi connectivity index (χ2n) is 7.65. The highest BCUT2D eigenvalue weighted by Gasteiger charge is 2.14. The van der Waals surface area contributed by atoms with Gasteiger partial charge in [0, 0.05) is 19.3 Å². The maximum atomic E-state index is 10.4. The van der Waals surface area contributed by atoms with Gasteiger partial charge in [-0.3, -0.25) is 0 Å². The number of thioether (sulfide) groups is 1. The van der Waals surface area contributed by atoms with Crippen LogP contribution in [-0.2, 0) is 10.1 Å². The molecule has 3 aromatic carbocycles. The molecule has 1 aromatic heterocycles. The number of hydrogen-bond acceptors (Lipinski definition) is 6. The van der Waals surface area contributed by atoms with Crippen molar-refractivity contribution in [1.82, 2.24) is 4.90 Å². The van der Waals surface area contributed by atoms with Crippen LogP contribution in [0.15, 0.2) is 87.2 Å². The zero-order chi connectivity index (χ0) is 23.4. The molecule has 1 aliphatic rings. The summed E-state index contributed by atoms with van der Waals surface area (Å²) >= 11 is 1.89. The van der Waals surface area contributed by atoms with Crippen molar-refractivity contribution < 1.29 is 22.4 Å². The van der Waals surface area contributed by atoms with Crippen molar-refractivity contribution in [2.75, 3.05) is 19.3 Å². The van der Waals surface area contributed by atoms with Gasteiger partial charge in [0.2, 0.25) is 5.58 Å². The minimum atomic E-state index is -4.27. The van der Waals surface area contributed by atoms with Crippen LogP contribution >= 0.6 is 11.8 Å². The molecule has 1 N–H and O–H groups in total. The van der Waals surface area contributed by atoms with E-state index < -0.39 is 10.1 Å². The van der Waals surface area contributed by atoms with Crippen LogP contribution in [0.3, 0.4) is 0 Å². The van der Waals surface area contributed by atoms with Crippen LogP contribution in [0.1, 0.15) is 11.5 Å². The van der Waals surface area contributed by atoms with Gasteiger partial charge in [0.25, 0.3) is 5.52 Å². The summed E-state index contributed by atoms with van der Waals surface area (Å²) in [5.41, 5.74) is 2.87. The number of allylic oxidation sites excluding steroid dienone is 2. The Kier molecular flexibility index (Phi) is 6.88. The van der Waals surface area contributed by atoms with Crippen LogP contribution in [0.25, 0.3) is 27.9 Å². The van der Waals surface area contributed by atoms with Crippen molar-refractivity contribution in [3.05, 3.63) is 89.3 Å². The monoisotopic (exact) mass is 480 g/mol. The third-order valence-electron chi connectivity index (χ3n) is 5.21. The Morgan fingerprint density at radius 2 is 1.85 bits per heavy atom. The summed E-state index contributed by atoms with van der Waals surface area (Å²) in [4.78, 5) is 5.46. The second kappa shape index (κ2) is 9.82. The second-order valence-corrected chi connectivity index (χ2v) is 10.1. The van der Waals surface area contributed by atoms with Gasteiger partial charge in [-0.25, -0.2) is 8.42 Å². The van der Waals surface area contributed by atoms with Crippen LogP contribution < -0.4 is 4.98 Å². The lowest BCUT2D eigenvalue weighted by Crippen LogP contribution is -2.10. The third kappa shape index (κ3) is 5.65. The standard InChI is InChI=1S/C18H16N2OS.C7H8O3S/c1-20-11-12-22-17(20)8-4-7-16-19-18-14-6-3-2-5-13(14)9-10-15(18)21-16;1-6-2-4-7(5-3-6)11(8,9)10/h2-10H,11-12H2,1H3;2-5H,1H3,(H,8,9,10)/b7-4+,17-8-;. The fraction of sp³-hybridized carbons (Fsp3) is 0.160. The summed E-state index contributed by atoms with van der Waals surface area (Å²) in [5, 5.41) is 3.71. The molecule has 0 saturated carbocycles. The molecule has 1 aliphatic heterocycles. The Hall–Kier alpha value is -3.07. The molecular weight excluding hydrogens is 456 g/mol. The largest absolute Gasteiger partial charge is 0.744 e. The molecule has 6 nitrogen and oxygen atoms in total. The number of hydrogen-bond donors (Lipinski definition) is 0. The molecule has 0 aliphatic carbocycles. The minimum absolute atomic E-state index is 0.178. The SMILES string of the molecule is CN1CCS/C1=C\C=C\c1[nH+]c2c(ccc3ccccc32)o1.Cc1ccc(S(=O)(=O)[O-])cc1. The zero-order valence-corrected chi connectivity index (χ0v) is 19.9. The molecule has 5 rings (SSSR count). The Labute approximate surface area is 197 Å². The lowest BCUT2D eigenvalue weighted by Gasteiger charge is -2.09. The summed E-state index contributed by atoms with van der Waals surface area (Å²) in [6, 6.07) is 18.2. The van der Waals surface area contributed by atoms with Crippen molar-refractivity contribution >= 4 is 49.8 Å². The van der Waals surface area contributed by atoms with Gasteiger partial charge in [-0.15, -0.1) is 11.8 Å². The predicted molar refractivity (Wildman–Crippen MR) is 132 cm³/mol. The van der Waals surface area contributed by atoms with Gasteiger partial charge in [0.1, 0.15) is 10.1 Å². The van der Waals surface area contributed by atoms with Gasteiger partial charge in [-0.2, -0.15) is 4.98 Å². The molecule has 0 amide bonds. The van der Waals surface area contributed by atoms with Crippen LogP contribution in [0, 0.1) is 6.92 Å². The highest BCUT2D eigenvalue weighted by atomic mass is 32.2. The number of nitrogens with zero attached hydrogens (tertiary/aromatic N) is 1. The normalized spacial score (nSPS) is 15.5. The molecule has 0 radical (unpaired) electrons. The number of fused-ring (bicyclic) bond motifs is 3. The molecule has 1 fully saturated rings. The number of H-pyrrole nitrogens is 1. The molecule has 8 heteroatoms. The molecule has 0 bridgehead atoms. The van der Waals surface area contributed by atoms with Crippen molar-refractivity contribution in [3.63, 3.8) is 0 Å². The number of rotatable bonds is 3. The van der Waals surface area contributed by atoms with Crippen molar-refractivity contribution in [1.29, 1.82) is 0 Å². The van der Waals surface area contributed by atoms with Gasteiger partial charge < -0.3 is 13.9 Å². The van der Waals surface area contributed by atoms with E-state index in [0.29, 0.717) is 0 Å². The Morgan fingerprint density at radius 1 is 1.09 bits per heavy atom. The van der Waals surface area contributed by atoms with E-state index in [9.17, 15) is 13.0 Å². The van der Waals surface area contributed by atoms with Crippen LogP contribution in [0.4, 0.5) is 0 Å². The van der Waals surface area contributed by atoms with Gasteiger partial charge >= 0.3 is 5.89 Å². The first-order valence-electron chi connectivity index (χ1n) is 10.4. The van der Waals surface area contributed by atoms with Gasteiger partial charge in [-0.05, 0) is 48.7 Å². The van der Waals surface area contributed by atoms with E-state index in [-0.39, 0.29) is 4.90 Å². The number of aryl methyl sites for hydroxylation is 1. The zero-order valence-electron chi connectivity index (χ0n) is 18.3. The van der Waals surface area contributed by atoms with Gasteiger partial charge in [0.05, 0.1) is 21.4 Å². The van der Waals surface area contributed by atoms with Gasteiger partial charge in [-0.1, -0.05) is 42.0 Å². The molecule has 170 valence electrons. The first-order valence-corrected chi connectivity index (χ1v) is 12.8. The molecular formula is C25H24N2O4S2. The van der Waals surface area contributed by atoms with E-state index >= 15 is 0 Å². The first kappa shape index (κ1) is 23.1. The number of aromatic nitrogens is 1. The highest BCUT2D eigenvalue weighted by molar-refractivity contribution is 8.03.